The van der Waals surface area contributed by atoms with Crippen LogP contribution < -0.4 is 4.90 Å². The van der Waals surface area contributed by atoms with Crippen LogP contribution in [0.15, 0.2) is 18.2 Å². The molecule has 0 N–H and O–H groups in total. The lowest BCUT2D eigenvalue weighted by molar-refractivity contribution is -0.128. The number of nitrogens with zero attached hydrogens (tertiary/aromatic N) is 2. The molecule has 2 rings (SSSR count). The largest absolute Gasteiger partial charge is 0.366 e. The second-order valence-corrected chi connectivity index (χ2v) is 4.80. The maximum absolute atomic E-state index is 13.7. The highest BCUT2D eigenvalue weighted by molar-refractivity contribution is 6.30. The summed E-state index contributed by atoms with van der Waals surface area (Å²) >= 11 is 11.2. The minimum absolute atomic E-state index is 0.00466. The summed E-state index contributed by atoms with van der Waals surface area (Å²) in [6.45, 7) is 2.32. The molecular formula is C12H13Cl2FN2O. The number of hydrogen-bond acceptors (Lipinski definition) is 2. The number of amides is 1. The third kappa shape index (κ3) is 2.87. The van der Waals surface area contributed by atoms with E-state index >= 15 is 0 Å². The predicted octanol–water partition coefficient (Wildman–Crippen LogP) is 2.37. The van der Waals surface area contributed by atoms with E-state index in [-0.39, 0.29) is 17.6 Å². The van der Waals surface area contributed by atoms with E-state index in [1.54, 1.807) is 17.0 Å². The summed E-state index contributed by atoms with van der Waals surface area (Å²) in [5.41, 5.74) is 0.525. The predicted molar refractivity (Wildman–Crippen MR) is 70.9 cm³/mol. The van der Waals surface area contributed by atoms with Crippen molar-refractivity contribution >= 4 is 34.8 Å². The van der Waals surface area contributed by atoms with Crippen molar-refractivity contribution in [2.75, 3.05) is 37.0 Å². The number of piperazine rings is 1. The first kappa shape index (κ1) is 13.4. The van der Waals surface area contributed by atoms with Crippen LogP contribution in [0, 0.1) is 5.82 Å². The average molecular weight is 291 g/mol. The number of benzene rings is 1. The zero-order valence-corrected chi connectivity index (χ0v) is 11.2. The van der Waals surface area contributed by atoms with Gasteiger partial charge in [-0.05, 0) is 18.2 Å². The molecule has 0 bridgehead atoms. The van der Waals surface area contributed by atoms with Gasteiger partial charge in [0, 0.05) is 31.2 Å². The molecule has 0 spiro atoms. The molecule has 0 unspecified atom stereocenters. The number of hydrogen-bond donors (Lipinski definition) is 0. The molecule has 1 amide bonds. The Morgan fingerprint density at radius 1 is 1.28 bits per heavy atom. The molecule has 0 aromatic heterocycles. The molecule has 98 valence electrons. The Balaban J connectivity index is 2.03. The molecule has 1 heterocycles. The van der Waals surface area contributed by atoms with Crippen molar-refractivity contribution in [2.45, 2.75) is 0 Å². The molecule has 0 atom stereocenters. The lowest BCUT2D eigenvalue weighted by Gasteiger charge is -2.36. The smallest absolute Gasteiger partial charge is 0.237 e. The van der Waals surface area contributed by atoms with Gasteiger partial charge in [-0.25, -0.2) is 4.39 Å². The number of alkyl halides is 1. The van der Waals surface area contributed by atoms with Crippen molar-refractivity contribution in [3.63, 3.8) is 0 Å². The molecule has 1 aromatic rings. The average Bonchev–Trinajstić information content (AvgIpc) is 2.38. The summed E-state index contributed by atoms with van der Waals surface area (Å²) in [6, 6.07) is 4.63. The van der Waals surface area contributed by atoms with Crippen LogP contribution in [-0.2, 0) is 4.79 Å². The normalized spacial score (nSPS) is 15.9. The summed E-state index contributed by atoms with van der Waals surface area (Å²) in [5.74, 6) is -0.414. The Hall–Kier alpha value is -1.00. The molecule has 3 nitrogen and oxygen atoms in total. The molecule has 1 aliphatic rings. The highest BCUT2D eigenvalue weighted by Gasteiger charge is 2.22. The third-order valence-electron chi connectivity index (χ3n) is 3.00. The lowest BCUT2D eigenvalue weighted by Crippen LogP contribution is -2.49. The second kappa shape index (κ2) is 5.76. The Bertz CT molecular complexity index is 448. The fourth-order valence-corrected chi connectivity index (χ4v) is 2.35. The molecule has 1 saturated heterocycles. The summed E-state index contributed by atoms with van der Waals surface area (Å²) in [5, 5.41) is 0.382. The van der Waals surface area contributed by atoms with Crippen LogP contribution in [0.5, 0.6) is 0 Å². The van der Waals surface area contributed by atoms with Crippen molar-refractivity contribution in [1.82, 2.24) is 4.90 Å². The maximum atomic E-state index is 13.7. The molecule has 6 heteroatoms. The summed E-state index contributed by atoms with van der Waals surface area (Å²) in [7, 11) is 0. The fourth-order valence-electron chi connectivity index (χ4n) is 2.02. The van der Waals surface area contributed by atoms with Crippen molar-refractivity contribution in [2.24, 2.45) is 0 Å². The van der Waals surface area contributed by atoms with Gasteiger partial charge in [0.05, 0.1) is 5.69 Å². The Labute approximate surface area is 115 Å². The number of carbonyl (C=O) groups excluding carboxylic acids is 1. The van der Waals surface area contributed by atoms with Crippen LogP contribution in [0.25, 0.3) is 0 Å². The summed E-state index contributed by atoms with van der Waals surface area (Å²) in [6.07, 6.45) is 0. The van der Waals surface area contributed by atoms with Crippen LogP contribution in [0.3, 0.4) is 0 Å². The number of carbonyl (C=O) groups is 1. The van der Waals surface area contributed by atoms with Crippen LogP contribution in [0.1, 0.15) is 0 Å². The van der Waals surface area contributed by atoms with Crippen LogP contribution >= 0.6 is 23.2 Å². The van der Waals surface area contributed by atoms with Gasteiger partial charge in [-0.15, -0.1) is 11.6 Å². The molecule has 0 radical (unpaired) electrons. The van der Waals surface area contributed by atoms with Gasteiger partial charge >= 0.3 is 0 Å². The van der Waals surface area contributed by atoms with E-state index in [0.717, 1.165) is 0 Å². The van der Waals surface area contributed by atoms with Crippen molar-refractivity contribution in [3.05, 3.63) is 29.0 Å². The maximum Gasteiger partial charge on any atom is 0.237 e. The van der Waals surface area contributed by atoms with Gasteiger partial charge in [0.15, 0.2) is 0 Å². The topological polar surface area (TPSA) is 23.6 Å². The van der Waals surface area contributed by atoms with Crippen molar-refractivity contribution in [1.29, 1.82) is 0 Å². The zero-order chi connectivity index (χ0) is 13.1. The van der Waals surface area contributed by atoms with E-state index in [1.807, 2.05) is 4.90 Å². The number of rotatable bonds is 2. The Kier molecular flexibility index (Phi) is 4.30. The molecule has 0 saturated carbocycles. The first-order chi connectivity index (χ1) is 8.61. The molecular weight excluding hydrogens is 278 g/mol. The van der Waals surface area contributed by atoms with Gasteiger partial charge < -0.3 is 9.80 Å². The third-order valence-corrected chi connectivity index (χ3v) is 3.46. The van der Waals surface area contributed by atoms with Crippen molar-refractivity contribution in [3.8, 4) is 0 Å². The second-order valence-electron chi connectivity index (χ2n) is 4.10. The number of halogens is 3. The van der Waals surface area contributed by atoms with Crippen LogP contribution in [0.4, 0.5) is 10.1 Å². The quantitative estimate of drug-likeness (QED) is 0.781. The van der Waals surface area contributed by atoms with Gasteiger partial charge in [0.2, 0.25) is 5.91 Å². The SMILES string of the molecule is O=C(CCl)N1CCN(c2ccc(Cl)cc2F)CC1. The Morgan fingerprint density at radius 2 is 1.94 bits per heavy atom. The van der Waals surface area contributed by atoms with Gasteiger partial charge in [-0.3, -0.25) is 4.79 Å². The van der Waals surface area contributed by atoms with E-state index in [2.05, 4.69) is 0 Å². The summed E-state index contributed by atoms with van der Waals surface area (Å²) in [4.78, 5) is 15.0. The molecule has 1 aromatic carbocycles. The van der Waals surface area contributed by atoms with Crippen LogP contribution in [0.2, 0.25) is 5.02 Å². The van der Waals surface area contributed by atoms with Crippen molar-refractivity contribution < 1.29 is 9.18 Å². The van der Waals surface area contributed by atoms with Gasteiger partial charge in [-0.2, -0.15) is 0 Å². The fraction of sp³-hybridized carbons (Fsp3) is 0.417. The van der Waals surface area contributed by atoms with Gasteiger partial charge in [0.25, 0.3) is 0 Å². The van der Waals surface area contributed by atoms with Gasteiger partial charge in [-0.1, -0.05) is 11.6 Å². The van der Waals surface area contributed by atoms with E-state index in [9.17, 15) is 9.18 Å². The first-order valence-corrected chi connectivity index (χ1v) is 6.57. The molecule has 1 fully saturated rings. The highest BCUT2D eigenvalue weighted by atomic mass is 35.5. The molecule has 1 aliphatic heterocycles. The molecule has 0 aliphatic carbocycles. The van der Waals surface area contributed by atoms with E-state index < -0.39 is 0 Å². The number of anilines is 1. The summed E-state index contributed by atoms with van der Waals surface area (Å²) < 4.78 is 13.7. The zero-order valence-electron chi connectivity index (χ0n) is 9.70. The first-order valence-electron chi connectivity index (χ1n) is 5.65. The minimum atomic E-state index is -0.334. The minimum Gasteiger partial charge on any atom is -0.366 e. The van der Waals surface area contributed by atoms with E-state index in [0.29, 0.717) is 36.9 Å². The van der Waals surface area contributed by atoms with Gasteiger partial charge in [0.1, 0.15) is 11.7 Å². The van der Waals surface area contributed by atoms with E-state index in [4.69, 9.17) is 23.2 Å². The molecule has 18 heavy (non-hydrogen) atoms. The monoisotopic (exact) mass is 290 g/mol. The van der Waals surface area contributed by atoms with Crippen LogP contribution in [-0.4, -0.2) is 42.9 Å². The highest BCUT2D eigenvalue weighted by Crippen LogP contribution is 2.23. The standard InChI is InChI=1S/C12H13Cl2FN2O/c13-8-12(18)17-5-3-16(4-6-17)11-2-1-9(14)7-10(11)15/h1-2,7H,3-6,8H2. The van der Waals surface area contributed by atoms with E-state index in [1.165, 1.54) is 6.07 Å². The Morgan fingerprint density at radius 3 is 2.50 bits per heavy atom. The lowest BCUT2D eigenvalue weighted by atomic mass is 10.2.